The van der Waals surface area contributed by atoms with Crippen LogP contribution in [0.1, 0.15) is 0 Å². The molecule has 0 radical (unpaired) electrons. The molecule has 0 heterocycles. The van der Waals surface area contributed by atoms with Gasteiger partial charge in [0.15, 0.2) is 0 Å². The van der Waals surface area contributed by atoms with E-state index >= 15 is 0 Å². The smallest absolute Gasteiger partial charge is 0.471 e. The van der Waals surface area contributed by atoms with Crippen LogP contribution in [-0.2, 0) is 4.79 Å². The van der Waals surface area contributed by atoms with E-state index in [1.165, 1.54) is 24.3 Å². The summed E-state index contributed by atoms with van der Waals surface area (Å²) in [4.78, 5) is 11.8. The Labute approximate surface area is 109 Å². The third-order valence-electron chi connectivity index (χ3n) is 1.96. The number of aromatic hydroxyl groups is 1. The molecule has 0 aliphatic heterocycles. The van der Waals surface area contributed by atoms with Crippen molar-refractivity contribution in [1.29, 1.82) is 0 Å². The monoisotopic (exact) mass is 359 g/mol. The van der Waals surface area contributed by atoms with Crippen LogP contribution < -0.4 is 4.90 Å². The number of halogens is 4. The van der Waals surface area contributed by atoms with Crippen molar-refractivity contribution in [3.05, 3.63) is 24.3 Å². The minimum atomic E-state index is -4.90. The van der Waals surface area contributed by atoms with E-state index in [4.69, 9.17) is 5.11 Å². The van der Waals surface area contributed by atoms with Gasteiger partial charge >= 0.3 is 12.1 Å². The summed E-state index contributed by atoms with van der Waals surface area (Å²) in [6.07, 6.45) is -4.90. The van der Waals surface area contributed by atoms with Crippen LogP contribution in [0.15, 0.2) is 24.3 Å². The number of phenolic OH excluding ortho intramolecular Hbond substituents is 1. The molecule has 1 aromatic rings. The molecule has 94 valence electrons. The normalized spacial score (nSPS) is 11.3. The van der Waals surface area contributed by atoms with Crippen LogP contribution in [0, 0.1) is 0 Å². The highest BCUT2D eigenvalue weighted by Gasteiger charge is 2.42. The maximum absolute atomic E-state index is 12.3. The fraction of sp³-hybridized carbons (Fsp3) is 0.300. The average molecular weight is 359 g/mol. The SMILES string of the molecule is O=C(N(CCI)c1ccc(O)cc1)C(F)(F)F. The van der Waals surface area contributed by atoms with Crippen molar-refractivity contribution in [2.45, 2.75) is 6.18 Å². The molecule has 0 fully saturated rings. The summed E-state index contributed by atoms with van der Waals surface area (Å²) in [6, 6.07) is 5.01. The summed E-state index contributed by atoms with van der Waals surface area (Å²) in [5.41, 5.74) is 0.113. The number of nitrogens with zero attached hydrogens (tertiary/aromatic N) is 1. The van der Waals surface area contributed by atoms with Crippen molar-refractivity contribution >= 4 is 34.2 Å². The number of rotatable bonds is 3. The molecule has 1 N–H and O–H groups in total. The molecule has 0 atom stereocenters. The molecule has 0 aromatic heterocycles. The van der Waals surface area contributed by atoms with Crippen LogP contribution in [0.5, 0.6) is 5.75 Å². The van der Waals surface area contributed by atoms with Crippen LogP contribution in [-0.4, -0.2) is 28.2 Å². The first kappa shape index (κ1) is 14.1. The van der Waals surface area contributed by atoms with Crippen molar-refractivity contribution in [3.63, 3.8) is 0 Å². The zero-order valence-corrected chi connectivity index (χ0v) is 10.7. The largest absolute Gasteiger partial charge is 0.508 e. The molecule has 17 heavy (non-hydrogen) atoms. The molecule has 0 saturated carbocycles. The molecule has 7 heteroatoms. The minimum Gasteiger partial charge on any atom is -0.508 e. The highest BCUT2D eigenvalue weighted by atomic mass is 127. The molecule has 0 aliphatic carbocycles. The number of hydrogen-bond donors (Lipinski definition) is 1. The van der Waals surface area contributed by atoms with Crippen molar-refractivity contribution in [1.82, 2.24) is 0 Å². The van der Waals surface area contributed by atoms with Gasteiger partial charge in [0.25, 0.3) is 0 Å². The lowest BCUT2D eigenvalue weighted by Crippen LogP contribution is -2.42. The van der Waals surface area contributed by atoms with Gasteiger partial charge in [-0.3, -0.25) is 4.79 Å². The Hall–Kier alpha value is -0.990. The first-order valence-corrected chi connectivity index (χ1v) is 6.12. The Morgan fingerprint density at radius 3 is 2.24 bits per heavy atom. The van der Waals surface area contributed by atoms with Crippen LogP contribution >= 0.6 is 22.6 Å². The quantitative estimate of drug-likeness (QED) is 0.666. The highest BCUT2D eigenvalue weighted by molar-refractivity contribution is 14.1. The number of alkyl halides is 4. The van der Waals surface area contributed by atoms with Crippen molar-refractivity contribution in [2.75, 3.05) is 15.9 Å². The summed E-state index contributed by atoms with van der Waals surface area (Å²) < 4.78 is 37.4. The van der Waals surface area contributed by atoms with Gasteiger partial charge in [-0.15, -0.1) is 0 Å². The molecule has 0 saturated heterocycles. The third-order valence-corrected chi connectivity index (χ3v) is 2.44. The van der Waals surface area contributed by atoms with Crippen LogP contribution in [0.4, 0.5) is 18.9 Å². The lowest BCUT2D eigenvalue weighted by molar-refractivity contribution is -0.170. The van der Waals surface area contributed by atoms with Gasteiger partial charge in [0.2, 0.25) is 0 Å². The number of benzene rings is 1. The van der Waals surface area contributed by atoms with E-state index in [9.17, 15) is 18.0 Å². The van der Waals surface area contributed by atoms with Crippen LogP contribution in [0.3, 0.4) is 0 Å². The second-order valence-corrected chi connectivity index (χ2v) is 4.24. The van der Waals surface area contributed by atoms with Crippen molar-refractivity contribution in [3.8, 4) is 5.75 Å². The number of carbonyl (C=O) groups is 1. The number of anilines is 1. The lowest BCUT2D eigenvalue weighted by atomic mass is 10.2. The molecule has 1 rings (SSSR count). The van der Waals surface area contributed by atoms with E-state index in [1.54, 1.807) is 0 Å². The van der Waals surface area contributed by atoms with E-state index in [0.717, 1.165) is 0 Å². The van der Waals surface area contributed by atoms with Gasteiger partial charge in [-0.05, 0) is 24.3 Å². The van der Waals surface area contributed by atoms with E-state index in [1.807, 2.05) is 22.6 Å². The number of amides is 1. The van der Waals surface area contributed by atoms with E-state index < -0.39 is 12.1 Å². The highest BCUT2D eigenvalue weighted by Crippen LogP contribution is 2.25. The van der Waals surface area contributed by atoms with Crippen LogP contribution in [0.25, 0.3) is 0 Å². The Kier molecular flexibility index (Phi) is 4.61. The van der Waals surface area contributed by atoms with Crippen molar-refractivity contribution < 1.29 is 23.1 Å². The number of phenols is 1. The van der Waals surface area contributed by atoms with Gasteiger partial charge in [0.1, 0.15) is 5.75 Å². The van der Waals surface area contributed by atoms with E-state index in [0.29, 0.717) is 9.33 Å². The summed E-state index contributed by atoms with van der Waals surface area (Å²) >= 11 is 1.89. The first-order chi connectivity index (χ1) is 7.86. The fourth-order valence-electron chi connectivity index (χ4n) is 1.22. The summed E-state index contributed by atoms with van der Waals surface area (Å²) in [7, 11) is 0. The van der Waals surface area contributed by atoms with Gasteiger partial charge in [0, 0.05) is 16.7 Å². The maximum Gasteiger partial charge on any atom is 0.471 e. The average Bonchev–Trinajstić information content (AvgIpc) is 2.25. The second-order valence-electron chi connectivity index (χ2n) is 3.16. The Morgan fingerprint density at radius 2 is 1.82 bits per heavy atom. The summed E-state index contributed by atoms with van der Waals surface area (Å²) in [6.45, 7) is -0.0380. The predicted molar refractivity (Wildman–Crippen MR) is 65.4 cm³/mol. The maximum atomic E-state index is 12.3. The van der Waals surface area contributed by atoms with E-state index in [2.05, 4.69) is 0 Å². The van der Waals surface area contributed by atoms with Crippen LogP contribution in [0.2, 0.25) is 0 Å². The second kappa shape index (κ2) is 5.56. The molecule has 3 nitrogen and oxygen atoms in total. The molecular formula is C10H9F3INO2. The Balaban J connectivity index is 3.01. The third kappa shape index (κ3) is 3.76. The summed E-state index contributed by atoms with van der Waals surface area (Å²) in [5, 5.41) is 9.04. The number of hydrogen-bond acceptors (Lipinski definition) is 2. The fourth-order valence-corrected chi connectivity index (χ4v) is 1.70. The standard InChI is InChI=1S/C10H9F3INO2/c11-10(12,13)9(17)15(6-5-14)7-1-3-8(16)4-2-7/h1-4,16H,5-6H2. The molecular weight excluding hydrogens is 350 g/mol. The van der Waals surface area contributed by atoms with Gasteiger partial charge in [0.05, 0.1) is 0 Å². The van der Waals surface area contributed by atoms with E-state index in [-0.39, 0.29) is 18.0 Å². The topological polar surface area (TPSA) is 40.5 Å². The Bertz CT molecular complexity index is 392. The summed E-state index contributed by atoms with van der Waals surface area (Å²) in [5.74, 6) is -1.97. The predicted octanol–water partition coefficient (Wildman–Crippen LogP) is 2.72. The molecule has 1 amide bonds. The van der Waals surface area contributed by atoms with Gasteiger partial charge < -0.3 is 10.0 Å². The molecule has 0 aliphatic rings. The minimum absolute atomic E-state index is 0.0380. The lowest BCUT2D eigenvalue weighted by Gasteiger charge is -2.22. The number of carbonyl (C=O) groups excluding carboxylic acids is 1. The molecule has 1 aromatic carbocycles. The van der Waals surface area contributed by atoms with Gasteiger partial charge in [-0.2, -0.15) is 13.2 Å². The van der Waals surface area contributed by atoms with Crippen molar-refractivity contribution in [2.24, 2.45) is 0 Å². The van der Waals surface area contributed by atoms with Gasteiger partial charge in [-0.1, -0.05) is 22.6 Å². The Morgan fingerprint density at radius 1 is 1.29 bits per heavy atom. The molecule has 0 unspecified atom stereocenters. The van der Waals surface area contributed by atoms with Gasteiger partial charge in [-0.25, -0.2) is 0 Å². The zero-order valence-electron chi connectivity index (χ0n) is 8.54. The zero-order chi connectivity index (χ0) is 13.1. The first-order valence-electron chi connectivity index (χ1n) is 4.60. The molecule has 0 bridgehead atoms. The molecule has 0 spiro atoms.